The molecule has 0 aliphatic rings. The molecule has 0 unspecified atom stereocenters. The molecule has 0 fully saturated rings. The number of hydrogen-bond donors (Lipinski definition) is 0. The number of hydrogen-bond acceptors (Lipinski definition) is 2. The Hall–Kier alpha value is -6.75. The van der Waals surface area contributed by atoms with Gasteiger partial charge in [0.05, 0.1) is 16.6 Å². The van der Waals surface area contributed by atoms with Crippen molar-refractivity contribution in [2.45, 2.75) is 33.0 Å². The SMILES string of the molecule is [2H]C([2H])([2H])c1cc(-n2c3[c-]c(Oc4[c-]c(-n5[c](=[Pt])n(C([2H])([2H])[2H])c6ccccc65)ccc4)ccc3c3cc4c5cccc6c7ccccc7n(c4cc32)c65)ncc1-c1ccc(C(C)(C)C)cc1. The minimum atomic E-state index is -2.46. The molecule has 0 aliphatic heterocycles. The Kier molecular flexibility index (Phi) is 6.52. The number of nitrogens with zero attached hydrogens (tertiary/aromatic N) is 5. The topological polar surface area (TPSA) is 41.3 Å². The third-order valence-electron chi connectivity index (χ3n) is 12.1. The standard InChI is InChI=1S/C54H39N5O.Pt/c1-33-26-52(55-31-45(33)34-20-22-35(23-21-34)54(2,3)4)58-49-28-38(60-37-13-10-12-36(27-37)57-32-56(5)47-18-8-9-19-48(47)57)24-25-40(49)43-29-44-42-16-11-15-41-39-14-6-7-17-46(39)59(53(41)42)51(44)30-50(43)58;/h6-26,29-31H,1-5H3;/q-2;/i1D3,5D3;. The van der Waals surface area contributed by atoms with E-state index in [0.717, 1.165) is 60.3 Å². The van der Waals surface area contributed by atoms with Gasteiger partial charge in [0, 0.05) is 37.4 Å². The second-order valence-electron chi connectivity index (χ2n) is 16.7. The van der Waals surface area contributed by atoms with Crippen LogP contribution in [0, 0.1) is 22.8 Å². The van der Waals surface area contributed by atoms with Gasteiger partial charge in [0.15, 0.2) is 0 Å². The molecule has 7 heteroatoms. The van der Waals surface area contributed by atoms with Crippen molar-refractivity contribution in [1.82, 2.24) is 23.1 Å². The van der Waals surface area contributed by atoms with E-state index in [1.165, 1.54) is 15.3 Å². The number of benzene rings is 7. The van der Waals surface area contributed by atoms with Gasteiger partial charge in [-0.25, -0.2) is 0 Å². The number of para-hydroxylation sites is 4. The first-order chi connectivity index (χ1) is 32.0. The van der Waals surface area contributed by atoms with E-state index in [2.05, 4.69) is 104 Å². The first-order valence-corrected chi connectivity index (χ1v) is 21.3. The van der Waals surface area contributed by atoms with Crippen molar-refractivity contribution < 1.29 is 32.3 Å². The van der Waals surface area contributed by atoms with Crippen molar-refractivity contribution in [3.8, 4) is 34.1 Å². The van der Waals surface area contributed by atoms with E-state index in [4.69, 9.17) is 17.9 Å². The molecule has 0 radical (unpaired) electrons. The molecule has 0 spiro atoms. The van der Waals surface area contributed by atoms with Crippen molar-refractivity contribution in [2.24, 2.45) is 6.98 Å². The summed E-state index contributed by atoms with van der Waals surface area (Å²) >= 11 is 2.05. The van der Waals surface area contributed by atoms with Crippen LogP contribution in [-0.2, 0) is 31.7 Å². The first-order valence-electron chi connectivity index (χ1n) is 23.1. The minimum absolute atomic E-state index is 0.0645. The van der Waals surface area contributed by atoms with E-state index >= 15 is 0 Å². The van der Waals surface area contributed by atoms with Gasteiger partial charge < -0.3 is 4.40 Å². The Labute approximate surface area is 371 Å². The van der Waals surface area contributed by atoms with Crippen LogP contribution in [0.1, 0.15) is 40.1 Å². The molecule has 7 aromatic carbocycles. The molecule has 0 saturated heterocycles. The second kappa shape index (κ2) is 13.1. The van der Waals surface area contributed by atoms with Crippen LogP contribution in [0.15, 0.2) is 146 Å². The van der Waals surface area contributed by atoms with E-state index < -0.39 is 13.8 Å². The maximum atomic E-state index is 8.81. The summed E-state index contributed by atoms with van der Waals surface area (Å²) in [5.41, 5.74) is 9.25. The van der Waals surface area contributed by atoms with Crippen molar-refractivity contribution in [2.75, 3.05) is 0 Å². The number of aryl methyl sites for hydroxylation is 2. The van der Waals surface area contributed by atoms with E-state index in [-0.39, 0.29) is 11.0 Å². The predicted molar refractivity (Wildman–Crippen MR) is 245 cm³/mol. The maximum absolute atomic E-state index is 8.81. The van der Waals surface area contributed by atoms with Gasteiger partial charge in [-0.2, -0.15) is 0 Å². The van der Waals surface area contributed by atoms with Crippen LogP contribution < -0.4 is 4.74 Å². The summed E-state index contributed by atoms with van der Waals surface area (Å²) in [5.74, 6) is 1.23. The van der Waals surface area contributed by atoms with Gasteiger partial charge in [-0.15, -0.1) is 0 Å². The van der Waals surface area contributed by atoms with E-state index in [0.29, 0.717) is 43.4 Å². The molecule has 12 rings (SSSR count). The molecule has 0 saturated carbocycles. The summed E-state index contributed by atoms with van der Waals surface area (Å²) < 4.78 is 65.9. The number of fused-ring (bicyclic) bond motifs is 10. The number of aromatic nitrogens is 5. The second-order valence-corrected chi connectivity index (χ2v) is 17.7. The number of pyridine rings is 1. The summed E-state index contributed by atoms with van der Waals surface area (Å²) in [4.78, 5) is 5.06. The first kappa shape index (κ1) is 30.3. The number of ether oxygens (including phenoxy) is 1. The van der Waals surface area contributed by atoms with E-state index in [1.54, 1.807) is 24.4 Å². The molecule has 12 aromatic rings. The zero-order chi connectivity index (χ0) is 46.3. The Morgan fingerprint density at radius 2 is 1.34 bits per heavy atom. The monoisotopic (exact) mass is 974 g/mol. The Morgan fingerprint density at radius 3 is 2.15 bits per heavy atom. The van der Waals surface area contributed by atoms with Crippen LogP contribution in [0.3, 0.4) is 0 Å². The fourth-order valence-corrected chi connectivity index (χ4v) is 10.0. The van der Waals surface area contributed by atoms with Crippen LogP contribution in [-0.4, -0.2) is 23.1 Å². The molecule has 298 valence electrons. The molecular weight excluding hydrogens is 930 g/mol. The summed E-state index contributed by atoms with van der Waals surface area (Å²) in [7, 11) is 0. The van der Waals surface area contributed by atoms with Crippen LogP contribution in [0.5, 0.6) is 11.5 Å². The normalized spacial score (nSPS) is 14.3. The predicted octanol–water partition coefficient (Wildman–Crippen LogP) is 13.4. The Morgan fingerprint density at radius 1 is 0.623 bits per heavy atom. The summed E-state index contributed by atoms with van der Waals surface area (Å²) in [6.45, 7) is 1.60. The third-order valence-corrected chi connectivity index (χ3v) is 13.1. The van der Waals surface area contributed by atoms with Gasteiger partial charge in [-0.3, -0.25) is 0 Å². The third kappa shape index (κ3) is 5.38. The quantitative estimate of drug-likeness (QED) is 0.161. The van der Waals surface area contributed by atoms with E-state index in [1.807, 2.05) is 83.1 Å². The Bertz CT molecular complexity index is 4060. The average molecular weight is 975 g/mol. The van der Waals surface area contributed by atoms with Crippen LogP contribution in [0.4, 0.5) is 0 Å². The molecule has 0 N–H and O–H groups in total. The van der Waals surface area contributed by atoms with Gasteiger partial charge in [0.25, 0.3) is 0 Å². The van der Waals surface area contributed by atoms with Crippen LogP contribution >= 0.6 is 0 Å². The zero-order valence-corrected chi connectivity index (χ0v) is 35.6. The van der Waals surface area contributed by atoms with Crippen molar-refractivity contribution in [3.63, 3.8) is 0 Å². The zero-order valence-electron chi connectivity index (χ0n) is 39.3. The Balaban J connectivity index is 1.07. The summed E-state index contributed by atoms with van der Waals surface area (Å²) in [6, 6.07) is 52.8. The minimum Gasteiger partial charge on any atom is -0.0579 e. The molecule has 0 aliphatic carbocycles. The van der Waals surface area contributed by atoms with Crippen molar-refractivity contribution >= 4 is 70.9 Å². The van der Waals surface area contributed by atoms with Crippen molar-refractivity contribution in [1.29, 1.82) is 0 Å². The molecule has 0 atom stereocenters. The molecule has 6 nitrogen and oxygen atoms in total. The average Bonchev–Trinajstić information content (AvgIpc) is 4.01. The van der Waals surface area contributed by atoms with Gasteiger partial charge in [-0.05, 0) is 35.0 Å². The van der Waals surface area contributed by atoms with Gasteiger partial charge >= 0.3 is 198 Å². The van der Waals surface area contributed by atoms with Crippen LogP contribution in [0.2, 0.25) is 0 Å². The molecule has 0 amide bonds. The fraction of sp³-hybridized carbons (Fsp3) is 0.111. The van der Waals surface area contributed by atoms with Gasteiger partial charge in [-0.1, -0.05) is 81.4 Å². The molecule has 61 heavy (non-hydrogen) atoms. The summed E-state index contributed by atoms with van der Waals surface area (Å²) in [5, 5.41) is 6.44. The van der Waals surface area contributed by atoms with Gasteiger partial charge in [0.1, 0.15) is 0 Å². The molecule has 0 bridgehead atoms. The van der Waals surface area contributed by atoms with Gasteiger partial charge in [0.2, 0.25) is 0 Å². The fourth-order valence-electron chi connectivity index (χ4n) is 9.18. The smallest absolute Gasteiger partial charge is 0.0579 e. The summed E-state index contributed by atoms with van der Waals surface area (Å²) in [6.07, 6.45) is 1.68. The molecule has 5 aromatic heterocycles. The van der Waals surface area contributed by atoms with Crippen molar-refractivity contribution in [3.05, 3.63) is 173 Å². The number of imidazole rings is 1. The number of rotatable bonds is 5. The van der Waals surface area contributed by atoms with E-state index in [9.17, 15) is 0 Å². The van der Waals surface area contributed by atoms with Crippen LogP contribution in [0.25, 0.3) is 93.6 Å². The molecular formula is C54H39N5OPt-2. The molecule has 5 heterocycles.